The van der Waals surface area contributed by atoms with Crippen molar-refractivity contribution >= 4 is 0 Å². The molecule has 0 amide bonds. The van der Waals surface area contributed by atoms with Crippen molar-refractivity contribution in [2.45, 2.75) is 83.9 Å². The van der Waals surface area contributed by atoms with Crippen LogP contribution in [0, 0.1) is 0 Å². The van der Waals surface area contributed by atoms with Crippen molar-refractivity contribution in [2.75, 3.05) is 6.61 Å². The molecular formula is C14H29NO2. The highest BCUT2D eigenvalue weighted by atomic mass is 16.7. The molecule has 1 aliphatic heterocycles. The normalized spacial score (nSPS) is 25.8. The molecule has 0 aromatic rings. The van der Waals surface area contributed by atoms with Crippen LogP contribution in [0.2, 0.25) is 0 Å². The molecule has 1 N–H and O–H groups in total. The smallest absolute Gasteiger partial charge is 0.102 e. The third kappa shape index (κ3) is 3.67. The largest absolute Gasteiger partial charge is 0.394 e. The van der Waals surface area contributed by atoms with Crippen molar-refractivity contribution in [3.63, 3.8) is 0 Å². The summed E-state index contributed by atoms with van der Waals surface area (Å²) in [5, 5.41) is 11.5. The topological polar surface area (TPSA) is 32.7 Å². The molecule has 1 atom stereocenters. The van der Waals surface area contributed by atoms with Crippen molar-refractivity contribution in [1.82, 2.24) is 5.06 Å². The van der Waals surface area contributed by atoms with Crippen molar-refractivity contribution < 1.29 is 9.94 Å². The Kier molecular flexibility index (Phi) is 4.99. The minimum absolute atomic E-state index is 0.0584. The average Bonchev–Trinajstić information content (AvgIpc) is 2.21. The van der Waals surface area contributed by atoms with Gasteiger partial charge in [-0.3, -0.25) is 4.84 Å². The minimum Gasteiger partial charge on any atom is -0.394 e. The van der Waals surface area contributed by atoms with Crippen molar-refractivity contribution in [3.8, 4) is 0 Å². The van der Waals surface area contributed by atoms with Crippen molar-refractivity contribution in [2.24, 2.45) is 0 Å². The van der Waals surface area contributed by atoms with Crippen LogP contribution in [0.3, 0.4) is 0 Å². The molecule has 3 nitrogen and oxygen atoms in total. The quantitative estimate of drug-likeness (QED) is 0.805. The predicted molar refractivity (Wildman–Crippen MR) is 70.7 cm³/mol. The Balaban J connectivity index is 2.75. The van der Waals surface area contributed by atoms with Crippen molar-refractivity contribution in [1.29, 1.82) is 0 Å². The second-order valence-electron chi connectivity index (χ2n) is 6.47. The van der Waals surface area contributed by atoms with E-state index < -0.39 is 0 Å². The first-order chi connectivity index (χ1) is 7.83. The Labute approximate surface area is 106 Å². The average molecular weight is 243 g/mol. The Bertz CT molecular complexity index is 222. The molecule has 0 aromatic heterocycles. The van der Waals surface area contributed by atoms with Gasteiger partial charge in [0.15, 0.2) is 0 Å². The molecule has 1 fully saturated rings. The van der Waals surface area contributed by atoms with Crippen LogP contribution in [0.1, 0.15) is 66.7 Å². The van der Waals surface area contributed by atoms with Crippen LogP contribution in [0.15, 0.2) is 0 Å². The van der Waals surface area contributed by atoms with Gasteiger partial charge in [-0.2, -0.15) is 5.06 Å². The SMILES string of the molecule is CCCC(CO)ON1C(C)(C)CCCC1(C)C. The van der Waals surface area contributed by atoms with E-state index in [9.17, 15) is 5.11 Å². The highest BCUT2D eigenvalue weighted by Gasteiger charge is 2.43. The van der Waals surface area contributed by atoms with E-state index in [1.54, 1.807) is 0 Å². The Morgan fingerprint density at radius 3 is 2.12 bits per heavy atom. The van der Waals surface area contributed by atoms with Gasteiger partial charge in [-0.1, -0.05) is 13.3 Å². The minimum atomic E-state index is -0.0587. The lowest BCUT2D eigenvalue weighted by molar-refractivity contribution is -0.309. The summed E-state index contributed by atoms with van der Waals surface area (Å²) in [7, 11) is 0. The molecule has 1 aliphatic rings. The standard InChI is InChI=1S/C14H29NO2/c1-6-8-12(11-16)17-15-13(2,3)9-7-10-14(15,4)5/h12,16H,6-11H2,1-5H3. The predicted octanol–water partition coefficient (Wildman–Crippen LogP) is 3.12. The summed E-state index contributed by atoms with van der Waals surface area (Å²) < 4.78 is 0. The van der Waals surface area contributed by atoms with Crippen LogP contribution in [0.4, 0.5) is 0 Å². The molecule has 17 heavy (non-hydrogen) atoms. The lowest BCUT2D eigenvalue weighted by Gasteiger charge is -2.52. The van der Waals surface area contributed by atoms with Crippen LogP contribution < -0.4 is 0 Å². The third-order valence-corrected chi connectivity index (χ3v) is 3.75. The molecule has 3 heteroatoms. The first-order valence-corrected chi connectivity index (χ1v) is 6.91. The van der Waals surface area contributed by atoms with E-state index in [4.69, 9.17) is 4.84 Å². The number of rotatable bonds is 5. The zero-order valence-corrected chi connectivity index (χ0v) is 12.1. The van der Waals surface area contributed by atoms with Gasteiger partial charge >= 0.3 is 0 Å². The molecule has 1 heterocycles. The fourth-order valence-corrected chi connectivity index (χ4v) is 2.91. The van der Waals surface area contributed by atoms with Gasteiger partial charge in [0.05, 0.1) is 6.61 Å². The summed E-state index contributed by atoms with van der Waals surface area (Å²) in [5.74, 6) is 0. The first kappa shape index (κ1) is 14.9. The van der Waals surface area contributed by atoms with Crippen LogP contribution in [-0.2, 0) is 4.84 Å². The maximum atomic E-state index is 9.38. The van der Waals surface area contributed by atoms with Gasteiger partial charge in [0.2, 0.25) is 0 Å². The van der Waals surface area contributed by atoms with E-state index in [1.807, 2.05) is 0 Å². The number of aliphatic hydroxyl groups excluding tert-OH is 1. The molecular weight excluding hydrogens is 214 g/mol. The lowest BCUT2D eigenvalue weighted by Crippen LogP contribution is -2.59. The Morgan fingerprint density at radius 2 is 1.71 bits per heavy atom. The second kappa shape index (κ2) is 5.68. The third-order valence-electron chi connectivity index (χ3n) is 3.75. The fourth-order valence-electron chi connectivity index (χ4n) is 2.91. The van der Waals surface area contributed by atoms with E-state index in [-0.39, 0.29) is 23.8 Å². The first-order valence-electron chi connectivity index (χ1n) is 6.91. The van der Waals surface area contributed by atoms with E-state index in [1.165, 1.54) is 6.42 Å². The molecule has 0 aliphatic carbocycles. The molecule has 1 saturated heterocycles. The molecule has 102 valence electrons. The van der Waals surface area contributed by atoms with Gasteiger partial charge in [-0.05, 0) is 53.4 Å². The molecule has 0 spiro atoms. The molecule has 1 unspecified atom stereocenters. The van der Waals surface area contributed by atoms with Crippen LogP contribution >= 0.6 is 0 Å². The number of hydroxylamine groups is 2. The van der Waals surface area contributed by atoms with E-state index in [0.717, 1.165) is 25.7 Å². The van der Waals surface area contributed by atoms with Crippen LogP contribution in [-0.4, -0.2) is 34.0 Å². The maximum absolute atomic E-state index is 9.38. The zero-order valence-electron chi connectivity index (χ0n) is 12.1. The van der Waals surface area contributed by atoms with Gasteiger partial charge < -0.3 is 5.11 Å². The number of hydrogen-bond donors (Lipinski definition) is 1. The summed E-state index contributed by atoms with van der Waals surface area (Å²) in [5.41, 5.74) is 0.117. The molecule has 0 saturated carbocycles. The summed E-state index contributed by atoms with van der Waals surface area (Å²) in [4.78, 5) is 6.09. The Hall–Kier alpha value is -0.120. The van der Waals surface area contributed by atoms with Gasteiger partial charge in [0.25, 0.3) is 0 Å². The highest BCUT2D eigenvalue weighted by Crippen LogP contribution is 2.38. The number of nitrogens with zero attached hydrogens (tertiary/aromatic N) is 1. The molecule has 0 bridgehead atoms. The van der Waals surface area contributed by atoms with Crippen LogP contribution in [0.25, 0.3) is 0 Å². The molecule has 1 rings (SSSR count). The van der Waals surface area contributed by atoms with Gasteiger partial charge in [0.1, 0.15) is 6.10 Å². The monoisotopic (exact) mass is 243 g/mol. The summed E-state index contributed by atoms with van der Waals surface area (Å²) >= 11 is 0. The lowest BCUT2D eigenvalue weighted by atomic mass is 9.82. The number of hydrogen-bond acceptors (Lipinski definition) is 3. The van der Waals surface area contributed by atoms with Crippen LogP contribution in [0.5, 0.6) is 0 Å². The summed E-state index contributed by atoms with van der Waals surface area (Å²) in [6.45, 7) is 11.2. The zero-order chi connectivity index (χ0) is 13.1. The van der Waals surface area contributed by atoms with Gasteiger partial charge in [0, 0.05) is 11.1 Å². The summed E-state index contributed by atoms with van der Waals surface area (Å²) in [6.07, 6.45) is 5.45. The van der Waals surface area contributed by atoms with Gasteiger partial charge in [-0.25, -0.2) is 0 Å². The van der Waals surface area contributed by atoms with Gasteiger partial charge in [-0.15, -0.1) is 0 Å². The van der Waals surface area contributed by atoms with E-state index in [0.29, 0.717) is 0 Å². The van der Waals surface area contributed by atoms with E-state index in [2.05, 4.69) is 39.7 Å². The van der Waals surface area contributed by atoms with E-state index >= 15 is 0 Å². The highest BCUT2D eigenvalue weighted by molar-refractivity contribution is 4.93. The second-order valence-corrected chi connectivity index (χ2v) is 6.47. The maximum Gasteiger partial charge on any atom is 0.102 e. The molecule has 0 aromatic carbocycles. The molecule has 0 radical (unpaired) electrons. The Morgan fingerprint density at radius 1 is 1.18 bits per heavy atom. The number of aliphatic hydroxyl groups is 1. The summed E-state index contributed by atoms with van der Waals surface area (Å²) in [6, 6.07) is 0. The fraction of sp³-hybridized carbons (Fsp3) is 1.00. The number of piperidine rings is 1. The van der Waals surface area contributed by atoms with Crippen molar-refractivity contribution in [3.05, 3.63) is 0 Å².